The topological polar surface area (TPSA) is 9.23 Å². The van der Waals surface area contributed by atoms with E-state index in [0.717, 1.165) is 12.4 Å². The van der Waals surface area contributed by atoms with E-state index in [2.05, 4.69) is 148 Å². The first kappa shape index (κ1) is 24.7. The van der Waals surface area contributed by atoms with Gasteiger partial charge in [0.25, 0.3) is 0 Å². The summed E-state index contributed by atoms with van der Waals surface area (Å²) in [6, 6.07) is 33.0. The van der Waals surface area contributed by atoms with Crippen LogP contribution in [0.2, 0.25) is 18.1 Å². The average molecular weight is 493 g/mol. The predicted octanol–water partition coefficient (Wildman–Crippen LogP) is 8.22. The summed E-state index contributed by atoms with van der Waals surface area (Å²) < 4.78 is 6.32. The lowest BCUT2D eigenvalue weighted by Crippen LogP contribution is -2.41. The fourth-order valence-electron chi connectivity index (χ4n) is 3.96. The van der Waals surface area contributed by atoms with Crippen LogP contribution in [0.1, 0.15) is 37.5 Å². The van der Waals surface area contributed by atoms with Gasteiger partial charge in [-0.3, -0.25) is 0 Å². The van der Waals surface area contributed by atoms with Gasteiger partial charge in [-0.05, 0) is 34.8 Å². The van der Waals surface area contributed by atoms with Gasteiger partial charge in [-0.15, -0.1) is 23.5 Å². The van der Waals surface area contributed by atoms with Crippen LogP contribution in [0.25, 0.3) is 0 Å². The standard InChI is InChI=1S/C29H36OS2Si/c1-28(2,3)33(4,5)30-21-26-27(32-26)22-31-29(23-15-9-6-10-16-23,24-17-11-7-12-18-24)25-19-13-8-14-20-25/h6-20,26-27H,21-22H2,1-5H3. The first-order chi connectivity index (χ1) is 15.7. The number of benzene rings is 3. The van der Waals surface area contributed by atoms with Crippen LogP contribution in [-0.4, -0.2) is 31.2 Å². The molecule has 1 aliphatic rings. The lowest BCUT2D eigenvalue weighted by atomic mass is 9.84. The van der Waals surface area contributed by atoms with Gasteiger partial charge in [0.05, 0.1) is 4.75 Å². The Balaban J connectivity index is 1.57. The summed E-state index contributed by atoms with van der Waals surface area (Å²) in [5, 5.41) is 1.53. The molecule has 0 bridgehead atoms. The van der Waals surface area contributed by atoms with Crippen molar-refractivity contribution < 1.29 is 4.43 Å². The van der Waals surface area contributed by atoms with Crippen LogP contribution < -0.4 is 0 Å². The van der Waals surface area contributed by atoms with E-state index in [1.165, 1.54) is 16.7 Å². The van der Waals surface area contributed by atoms with Crippen molar-refractivity contribution in [1.29, 1.82) is 0 Å². The van der Waals surface area contributed by atoms with Crippen molar-refractivity contribution >= 4 is 31.8 Å². The van der Waals surface area contributed by atoms with Crippen molar-refractivity contribution in [2.24, 2.45) is 0 Å². The van der Waals surface area contributed by atoms with E-state index in [1.807, 2.05) is 0 Å². The highest BCUT2D eigenvalue weighted by Crippen LogP contribution is 2.53. The summed E-state index contributed by atoms with van der Waals surface area (Å²) in [4.78, 5) is 0. The lowest BCUT2D eigenvalue weighted by Gasteiger charge is -2.36. The molecule has 3 aromatic carbocycles. The molecule has 2 atom stereocenters. The predicted molar refractivity (Wildman–Crippen MR) is 150 cm³/mol. The van der Waals surface area contributed by atoms with Crippen LogP contribution in [-0.2, 0) is 9.17 Å². The van der Waals surface area contributed by atoms with Crippen molar-refractivity contribution in [2.45, 2.75) is 54.2 Å². The molecule has 3 aromatic rings. The lowest BCUT2D eigenvalue weighted by molar-refractivity contribution is 0.295. The molecular weight excluding hydrogens is 457 g/mol. The minimum atomic E-state index is -1.69. The van der Waals surface area contributed by atoms with Crippen LogP contribution in [0.3, 0.4) is 0 Å². The Bertz CT molecular complexity index is 919. The molecule has 0 saturated carbocycles. The van der Waals surface area contributed by atoms with E-state index in [0.29, 0.717) is 10.5 Å². The molecule has 0 radical (unpaired) electrons. The summed E-state index contributed by atoms with van der Waals surface area (Å²) in [6.45, 7) is 12.6. The quantitative estimate of drug-likeness (QED) is 0.169. The second-order valence-electron chi connectivity index (χ2n) is 10.4. The zero-order valence-electron chi connectivity index (χ0n) is 20.5. The molecule has 4 rings (SSSR count). The molecule has 1 aliphatic heterocycles. The summed E-state index contributed by atoms with van der Waals surface area (Å²) in [5.74, 6) is 1.11. The summed E-state index contributed by atoms with van der Waals surface area (Å²) >= 11 is 4.17. The molecule has 4 heteroatoms. The van der Waals surface area contributed by atoms with Crippen LogP contribution in [0, 0.1) is 0 Å². The monoisotopic (exact) mass is 492 g/mol. The molecule has 2 unspecified atom stereocenters. The van der Waals surface area contributed by atoms with Crippen LogP contribution in [0.4, 0.5) is 0 Å². The van der Waals surface area contributed by atoms with E-state index in [9.17, 15) is 0 Å². The van der Waals surface area contributed by atoms with Gasteiger partial charge >= 0.3 is 0 Å². The Morgan fingerprint density at radius 2 is 1.15 bits per heavy atom. The normalized spacial score (nSPS) is 18.8. The molecule has 174 valence electrons. The van der Waals surface area contributed by atoms with Crippen LogP contribution in [0.5, 0.6) is 0 Å². The minimum Gasteiger partial charge on any atom is -0.416 e. The molecule has 1 saturated heterocycles. The van der Waals surface area contributed by atoms with E-state index < -0.39 is 8.32 Å². The maximum Gasteiger partial charge on any atom is 0.192 e. The second kappa shape index (κ2) is 10.0. The maximum absolute atomic E-state index is 6.54. The molecule has 0 N–H and O–H groups in total. The largest absolute Gasteiger partial charge is 0.416 e. The summed E-state index contributed by atoms with van der Waals surface area (Å²) in [7, 11) is -1.69. The Morgan fingerprint density at radius 3 is 1.55 bits per heavy atom. The van der Waals surface area contributed by atoms with Gasteiger partial charge in [0.2, 0.25) is 0 Å². The highest BCUT2D eigenvalue weighted by atomic mass is 32.2. The Morgan fingerprint density at radius 1 is 0.727 bits per heavy atom. The van der Waals surface area contributed by atoms with Gasteiger partial charge in [0.1, 0.15) is 0 Å². The molecular formula is C29H36OS2Si. The van der Waals surface area contributed by atoms with E-state index >= 15 is 0 Å². The fourth-order valence-corrected chi connectivity index (χ4v) is 7.98. The number of thioether (sulfide) groups is 2. The average Bonchev–Trinajstić information content (AvgIpc) is 3.58. The molecule has 0 aliphatic carbocycles. The molecule has 33 heavy (non-hydrogen) atoms. The van der Waals surface area contributed by atoms with Gasteiger partial charge in [-0.1, -0.05) is 112 Å². The molecule has 1 fully saturated rings. The Labute approximate surface area is 209 Å². The van der Waals surface area contributed by atoms with Crippen molar-refractivity contribution in [2.75, 3.05) is 12.4 Å². The van der Waals surface area contributed by atoms with E-state index in [1.54, 1.807) is 0 Å². The molecule has 0 spiro atoms. The van der Waals surface area contributed by atoms with Gasteiger partial charge < -0.3 is 4.43 Å². The smallest absolute Gasteiger partial charge is 0.192 e. The van der Waals surface area contributed by atoms with Gasteiger partial charge in [-0.2, -0.15) is 0 Å². The molecule has 0 aromatic heterocycles. The van der Waals surface area contributed by atoms with Crippen molar-refractivity contribution in [3.05, 3.63) is 108 Å². The first-order valence-electron chi connectivity index (χ1n) is 11.8. The van der Waals surface area contributed by atoms with Crippen LogP contribution in [0.15, 0.2) is 91.0 Å². The maximum atomic E-state index is 6.54. The highest BCUT2D eigenvalue weighted by molar-refractivity contribution is 8.09. The van der Waals surface area contributed by atoms with Crippen molar-refractivity contribution in [3.63, 3.8) is 0 Å². The third-order valence-electron chi connectivity index (χ3n) is 7.11. The second-order valence-corrected chi connectivity index (χ2v) is 17.9. The van der Waals surface area contributed by atoms with Crippen LogP contribution >= 0.6 is 23.5 Å². The number of rotatable bonds is 9. The minimum absolute atomic E-state index is 0.224. The third kappa shape index (κ3) is 5.45. The number of hydrogen-bond donors (Lipinski definition) is 0. The molecule has 1 heterocycles. The highest BCUT2D eigenvalue weighted by Gasteiger charge is 2.45. The summed E-state index contributed by atoms with van der Waals surface area (Å²) in [5.41, 5.74) is 4.02. The fraction of sp³-hybridized carbons (Fsp3) is 0.379. The zero-order valence-corrected chi connectivity index (χ0v) is 23.1. The van der Waals surface area contributed by atoms with Crippen molar-refractivity contribution in [3.8, 4) is 0 Å². The van der Waals surface area contributed by atoms with Crippen molar-refractivity contribution in [1.82, 2.24) is 0 Å². The first-order valence-corrected chi connectivity index (χ1v) is 16.7. The van der Waals surface area contributed by atoms with E-state index in [4.69, 9.17) is 4.43 Å². The van der Waals surface area contributed by atoms with E-state index in [-0.39, 0.29) is 9.79 Å². The third-order valence-corrected chi connectivity index (χ3v) is 14.8. The van der Waals surface area contributed by atoms with Gasteiger partial charge in [0.15, 0.2) is 8.32 Å². The Kier molecular flexibility index (Phi) is 7.49. The molecule has 0 amide bonds. The van der Waals surface area contributed by atoms with Gasteiger partial charge in [0, 0.05) is 22.9 Å². The van der Waals surface area contributed by atoms with Gasteiger partial charge in [-0.25, -0.2) is 0 Å². The molecule has 1 nitrogen and oxygen atoms in total. The Hall–Kier alpha value is -1.46. The summed E-state index contributed by atoms with van der Waals surface area (Å²) in [6.07, 6.45) is 0. The SMILES string of the molecule is CC(C)(C)[Si](C)(C)OCC1SC1CSC(c1ccccc1)(c1ccccc1)c1ccccc1. The number of hydrogen-bond acceptors (Lipinski definition) is 3. The zero-order chi connectivity index (χ0) is 23.5.